The van der Waals surface area contributed by atoms with Crippen LogP contribution in [0.5, 0.6) is 5.75 Å². The summed E-state index contributed by atoms with van der Waals surface area (Å²) in [6.07, 6.45) is 2.08. The molecule has 0 N–H and O–H groups in total. The van der Waals surface area contributed by atoms with Crippen LogP contribution < -0.4 is 4.74 Å². The van der Waals surface area contributed by atoms with Crippen LogP contribution in [0.2, 0.25) is 0 Å². The average molecular weight is 296 g/mol. The molecule has 6 heteroatoms. The van der Waals surface area contributed by atoms with Crippen molar-refractivity contribution in [2.75, 3.05) is 20.8 Å². The number of rotatable bonds is 5. The summed E-state index contributed by atoms with van der Waals surface area (Å²) in [7, 11) is -0.529. The lowest BCUT2D eigenvalue weighted by Gasteiger charge is -2.23. The molecule has 1 heterocycles. The van der Waals surface area contributed by atoms with Gasteiger partial charge in [0.15, 0.2) is 5.78 Å². The van der Waals surface area contributed by atoms with Crippen molar-refractivity contribution in [2.24, 2.45) is 5.92 Å². The molecule has 2 rings (SSSR count). The van der Waals surface area contributed by atoms with Crippen molar-refractivity contribution in [3.63, 3.8) is 0 Å². The molecule has 0 bridgehead atoms. The number of carbonyl (C=O) groups is 1. The average Bonchev–Trinajstić information content (AvgIpc) is 2.49. The lowest BCUT2D eigenvalue weighted by atomic mass is 9.93. The highest BCUT2D eigenvalue weighted by atomic mass is 31.2. The molecule has 0 aromatic heterocycles. The molecule has 1 aliphatic heterocycles. The first kappa shape index (κ1) is 15.0. The molecule has 0 amide bonds. The Morgan fingerprint density at radius 2 is 2.05 bits per heavy atom. The minimum absolute atomic E-state index is 0.0427. The number of para-hydroxylation sites is 1. The molecule has 5 nitrogen and oxygen atoms in total. The van der Waals surface area contributed by atoms with Crippen LogP contribution >= 0.6 is 7.60 Å². The van der Waals surface area contributed by atoms with Crippen LogP contribution in [0.25, 0.3) is 0 Å². The maximum absolute atomic E-state index is 12.3. The minimum atomic E-state index is -3.17. The minimum Gasteiger partial charge on any atom is -0.492 e. The molecule has 1 unspecified atom stereocenters. The van der Waals surface area contributed by atoms with Gasteiger partial charge in [-0.05, 0) is 18.6 Å². The molecule has 0 saturated carbocycles. The summed E-state index contributed by atoms with van der Waals surface area (Å²) in [5.41, 5.74) is 0.596. The number of fused-ring (bicyclic) bond motifs is 1. The van der Waals surface area contributed by atoms with E-state index in [0.717, 1.165) is 0 Å². The SMILES string of the molecule is COP(=O)(/C=C/CC1COc2ccccc2C1=O)OC. The third-order valence-corrected chi connectivity index (χ3v) is 4.77. The van der Waals surface area contributed by atoms with Crippen molar-refractivity contribution in [3.05, 3.63) is 41.7 Å². The zero-order chi connectivity index (χ0) is 14.6. The predicted molar refractivity (Wildman–Crippen MR) is 75.1 cm³/mol. The van der Waals surface area contributed by atoms with Crippen LogP contribution in [0.15, 0.2) is 36.2 Å². The van der Waals surface area contributed by atoms with Crippen molar-refractivity contribution >= 4 is 13.4 Å². The number of ether oxygens (including phenoxy) is 1. The van der Waals surface area contributed by atoms with E-state index < -0.39 is 7.60 Å². The Labute approximate surface area is 118 Å². The fourth-order valence-corrected chi connectivity index (χ4v) is 2.78. The highest BCUT2D eigenvalue weighted by molar-refractivity contribution is 7.57. The Kier molecular flexibility index (Phi) is 4.76. The predicted octanol–water partition coefficient (Wildman–Crippen LogP) is 3.27. The molecule has 20 heavy (non-hydrogen) atoms. The molecular weight excluding hydrogens is 279 g/mol. The van der Waals surface area contributed by atoms with Gasteiger partial charge in [-0.3, -0.25) is 9.36 Å². The maximum atomic E-state index is 12.3. The topological polar surface area (TPSA) is 61.8 Å². The van der Waals surface area contributed by atoms with Gasteiger partial charge in [0.25, 0.3) is 0 Å². The summed E-state index contributed by atoms with van der Waals surface area (Å²) >= 11 is 0. The molecule has 0 spiro atoms. The second-order valence-electron chi connectivity index (χ2n) is 4.39. The summed E-state index contributed by atoms with van der Waals surface area (Å²) < 4.78 is 27.0. The van der Waals surface area contributed by atoms with Crippen LogP contribution in [0.4, 0.5) is 0 Å². The quantitative estimate of drug-likeness (QED) is 0.780. The summed E-state index contributed by atoms with van der Waals surface area (Å²) in [6.45, 7) is 0.324. The molecule has 1 atom stereocenters. The molecule has 0 fully saturated rings. The molecule has 1 aliphatic rings. The molecule has 0 aliphatic carbocycles. The molecular formula is C14H17O5P. The monoisotopic (exact) mass is 296 g/mol. The van der Waals surface area contributed by atoms with E-state index in [-0.39, 0.29) is 11.7 Å². The van der Waals surface area contributed by atoms with Gasteiger partial charge in [0.05, 0.1) is 18.1 Å². The van der Waals surface area contributed by atoms with Gasteiger partial charge in [0.2, 0.25) is 0 Å². The first-order valence-corrected chi connectivity index (χ1v) is 7.86. The van der Waals surface area contributed by atoms with Gasteiger partial charge in [-0.1, -0.05) is 18.2 Å². The molecule has 1 aromatic rings. The number of hydrogen-bond acceptors (Lipinski definition) is 5. The summed E-state index contributed by atoms with van der Waals surface area (Å²) in [6, 6.07) is 7.17. The number of Topliss-reactive ketones (excluding diaryl/α,β-unsaturated/α-hetero) is 1. The van der Waals surface area contributed by atoms with E-state index in [1.807, 2.05) is 12.1 Å². The van der Waals surface area contributed by atoms with Gasteiger partial charge in [0, 0.05) is 20.0 Å². The van der Waals surface area contributed by atoms with Gasteiger partial charge >= 0.3 is 7.60 Å². The van der Waals surface area contributed by atoms with Crippen LogP contribution in [0.1, 0.15) is 16.8 Å². The second kappa shape index (κ2) is 6.35. The van der Waals surface area contributed by atoms with E-state index in [0.29, 0.717) is 24.3 Å². The van der Waals surface area contributed by atoms with E-state index in [9.17, 15) is 9.36 Å². The Morgan fingerprint density at radius 1 is 1.35 bits per heavy atom. The van der Waals surface area contributed by atoms with E-state index >= 15 is 0 Å². The molecule has 0 saturated heterocycles. The molecule has 1 aromatic carbocycles. The molecule has 108 valence electrons. The largest absolute Gasteiger partial charge is 0.492 e. The number of allylic oxidation sites excluding steroid dienone is 1. The van der Waals surface area contributed by atoms with E-state index in [1.165, 1.54) is 20.0 Å². The number of benzene rings is 1. The number of hydrogen-bond donors (Lipinski definition) is 0. The lowest BCUT2D eigenvalue weighted by molar-refractivity contribution is 0.0833. The zero-order valence-electron chi connectivity index (χ0n) is 11.4. The number of carbonyl (C=O) groups excluding carboxylic acids is 1. The third kappa shape index (κ3) is 3.18. The maximum Gasteiger partial charge on any atom is 0.353 e. The van der Waals surface area contributed by atoms with Crippen molar-refractivity contribution in [1.82, 2.24) is 0 Å². The first-order chi connectivity index (χ1) is 9.59. The summed E-state index contributed by atoms with van der Waals surface area (Å²) in [4.78, 5) is 12.3. The van der Waals surface area contributed by atoms with Crippen LogP contribution in [-0.4, -0.2) is 26.6 Å². The zero-order valence-corrected chi connectivity index (χ0v) is 12.3. The van der Waals surface area contributed by atoms with Gasteiger partial charge in [0.1, 0.15) is 5.75 Å². The van der Waals surface area contributed by atoms with Gasteiger partial charge in [-0.15, -0.1) is 0 Å². The van der Waals surface area contributed by atoms with Gasteiger partial charge in [-0.2, -0.15) is 0 Å². The Morgan fingerprint density at radius 3 is 2.75 bits per heavy atom. The Bertz CT molecular complexity index is 558. The molecule has 0 radical (unpaired) electrons. The smallest absolute Gasteiger partial charge is 0.353 e. The fraction of sp³-hybridized carbons (Fsp3) is 0.357. The van der Waals surface area contributed by atoms with Crippen LogP contribution in [0, 0.1) is 5.92 Å². The highest BCUT2D eigenvalue weighted by Gasteiger charge is 2.27. The van der Waals surface area contributed by atoms with Gasteiger partial charge < -0.3 is 13.8 Å². The van der Waals surface area contributed by atoms with Crippen molar-refractivity contribution in [3.8, 4) is 5.75 Å². The third-order valence-electron chi connectivity index (χ3n) is 3.18. The van der Waals surface area contributed by atoms with E-state index in [4.69, 9.17) is 13.8 Å². The number of ketones is 1. The highest BCUT2D eigenvalue weighted by Crippen LogP contribution is 2.48. The summed E-state index contributed by atoms with van der Waals surface area (Å²) in [5.74, 6) is 1.77. The van der Waals surface area contributed by atoms with E-state index in [2.05, 4.69) is 0 Å². The van der Waals surface area contributed by atoms with Crippen LogP contribution in [0.3, 0.4) is 0 Å². The summed E-state index contributed by atoms with van der Waals surface area (Å²) in [5, 5.41) is 0. The van der Waals surface area contributed by atoms with Crippen molar-refractivity contribution < 1.29 is 23.1 Å². The lowest BCUT2D eigenvalue weighted by Crippen LogP contribution is -2.27. The Balaban J connectivity index is 2.05. The van der Waals surface area contributed by atoms with Crippen LogP contribution in [-0.2, 0) is 13.6 Å². The van der Waals surface area contributed by atoms with E-state index in [1.54, 1.807) is 18.2 Å². The Hall–Kier alpha value is -1.42. The standard InChI is InChI=1S/C14H17O5P/c1-17-20(16,18-2)9-5-6-11-10-19-13-8-4-3-7-12(13)14(11)15/h3-5,7-9,11H,6,10H2,1-2H3/b9-5+. The van der Waals surface area contributed by atoms with Crippen molar-refractivity contribution in [2.45, 2.75) is 6.42 Å². The van der Waals surface area contributed by atoms with Crippen molar-refractivity contribution in [1.29, 1.82) is 0 Å². The first-order valence-electron chi connectivity index (χ1n) is 6.24. The second-order valence-corrected chi connectivity index (χ2v) is 6.50. The fourth-order valence-electron chi connectivity index (χ4n) is 2.01. The van der Waals surface area contributed by atoms with Gasteiger partial charge in [-0.25, -0.2) is 0 Å². The normalized spacial score (nSPS) is 18.9.